The van der Waals surface area contributed by atoms with Gasteiger partial charge in [0, 0.05) is 26.4 Å². The van der Waals surface area contributed by atoms with E-state index in [0.717, 1.165) is 24.0 Å². The molecule has 1 aliphatic heterocycles. The number of rotatable bonds is 6. The molecule has 2 atom stereocenters. The SMILES string of the molecule is Cn1cc(CCNC(=O)NC(c2ccc(F)cc2)C2CCCO2)cn1. The second-order valence-corrected chi connectivity index (χ2v) is 6.25. The predicted molar refractivity (Wildman–Crippen MR) is 91.6 cm³/mol. The first-order chi connectivity index (χ1) is 12.1. The molecule has 0 saturated carbocycles. The van der Waals surface area contributed by atoms with Gasteiger partial charge in [0.2, 0.25) is 0 Å². The maximum atomic E-state index is 13.2. The summed E-state index contributed by atoms with van der Waals surface area (Å²) < 4.78 is 20.6. The van der Waals surface area contributed by atoms with Crippen molar-refractivity contribution in [3.05, 3.63) is 53.6 Å². The average Bonchev–Trinajstić information content (AvgIpc) is 3.25. The lowest BCUT2D eigenvalue weighted by Crippen LogP contribution is -2.42. The molecule has 3 rings (SSSR count). The summed E-state index contributed by atoms with van der Waals surface area (Å²) >= 11 is 0. The highest BCUT2D eigenvalue weighted by molar-refractivity contribution is 5.74. The molecule has 1 aromatic heterocycles. The van der Waals surface area contributed by atoms with Crippen molar-refractivity contribution in [1.29, 1.82) is 0 Å². The summed E-state index contributed by atoms with van der Waals surface area (Å²) in [5, 5.41) is 9.93. The maximum absolute atomic E-state index is 13.2. The zero-order chi connectivity index (χ0) is 17.6. The number of hydrogen-bond acceptors (Lipinski definition) is 3. The van der Waals surface area contributed by atoms with Crippen LogP contribution in [-0.4, -0.2) is 35.1 Å². The van der Waals surface area contributed by atoms with Crippen molar-refractivity contribution < 1.29 is 13.9 Å². The first-order valence-electron chi connectivity index (χ1n) is 8.51. The van der Waals surface area contributed by atoms with E-state index in [-0.39, 0.29) is 24.0 Å². The fourth-order valence-electron chi connectivity index (χ4n) is 3.04. The van der Waals surface area contributed by atoms with Crippen LogP contribution in [0.25, 0.3) is 0 Å². The molecular weight excluding hydrogens is 323 g/mol. The molecule has 2 N–H and O–H groups in total. The van der Waals surface area contributed by atoms with Gasteiger partial charge in [0.15, 0.2) is 0 Å². The predicted octanol–water partition coefficient (Wildman–Crippen LogP) is 2.32. The van der Waals surface area contributed by atoms with Crippen molar-refractivity contribution in [2.45, 2.75) is 31.4 Å². The van der Waals surface area contributed by atoms with E-state index >= 15 is 0 Å². The van der Waals surface area contributed by atoms with E-state index in [9.17, 15) is 9.18 Å². The number of nitrogens with zero attached hydrogens (tertiary/aromatic N) is 2. The lowest BCUT2D eigenvalue weighted by Gasteiger charge is -2.25. The van der Waals surface area contributed by atoms with E-state index in [1.807, 2.05) is 13.2 Å². The molecule has 2 heterocycles. The van der Waals surface area contributed by atoms with Crippen LogP contribution in [0.4, 0.5) is 9.18 Å². The van der Waals surface area contributed by atoms with Crippen LogP contribution < -0.4 is 10.6 Å². The highest BCUT2D eigenvalue weighted by Crippen LogP contribution is 2.27. The van der Waals surface area contributed by atoms with Gasteiger partial charge in [-0.2, -0.15) is 5.10 Å². The van der Waals surface area contributed by atoms with Crippen LogP contribution in [0.5, 0.6) is 0 Å². The fraction of sp³-hybridized carbons (Fsp3) is 0.444. The minimum absolute atomic E-state index is 0.0884. The molecule has 134 valence electrons. The minimum Gasteiger partial charge on any atom is -0.376 e. The molecule has 2 amide bonds. The highest BCUT2D eigenvalue weighted by atomic mass is 19.1. The van der Waals surface area contributed by atoms with Gasteiger partial charge in [-0.15, -0.1) is 0 Å². The number of carbonyl (C=O) groups is 1. The van der Waals surface area contributed by atoms with Crippen LogP contribution in [0.3, 0.4) is 0 Å². The second-order valence-electron chi connectivity index (χ2n) is 6.25. The Balaban J connectivity index is 1.57. The molecule has 1 aromatic carbocycles. The molecule has 7 heteroatoms. The maximum Gasteiger partial charge on any atom is 0.315 e. The molecule has 1 saturated heterocycles. The standard InChI is InChI=1S/C18H23FN4O2/c1-23-12-13(11-21-23)8-9-20-18(24)22-17(16-3-2-10-25-16)14-4-6-15(19)7-5-14/h4-7,11-12,16-17H,2-3,8-10H2,1H3,(H2,20,22,24). The number of aryl methyl sites for hydroxylation is 1. The molecule has 0 radical (unpaired) electrons. The van der Waals surface area contributed by atoms with Crippen molar-refractivity contribution in [3.63, 3.8) is 0 Å². The van der Waals surface area contributed by atoms with Crippen molar-refractivity contribution >= 4 is 6.03 Å². The third kappa shape index (κ3) is 4.79. The van der Waals surface area contributed by atoms with Crippen molar-refractivity contribution in [2.24, 2.45) is 7.05 Å². The van der Waals surface area contributed by atoms with Crippen LogP contribution in [0.1, 0.15) is 30.0 Å². The van der Waals surface area contributed by atoms with Crippen LogP contribution in [0.15, 0.2) is 36.7 Å². The molecule has 2 unspecified atom stereocenters. The Labute approximate surface area is 146 Å². The lowest BCUT2D eigenvalue weighted by molar-refractivity contribution is 0.0807. The number of aromatic nitrogens is 2. The van der Waals surface area contributed by atoms with E-state index in [1.165, 1.54) is 12.1 Å². The Morgan fingerprint density at radius 3 is 2.88 bits per heavy atom. The summed E-state index contributed by atoms with van der Waals surface area (Å²) in [4.78, 5) is 12.3. The van der Waals surface area contributed by atoms with Crippen LogP contribution in [0.2, 0.25) is 0 Å². The summed E-state index contributed by atoms with van der Waals surface area (Å²) in [6.45, 7) is 1.20. The summed E-state index contributed by atoms with van der Waals surface area (Å²) in [5.74, 6) is -0.296. The van der Waals surface area contributed by atoms with Gasteiger partial charge in [0.1, 0.15) is 5.82 Å². The molecule has 1 aliphatic rings. The van der Waals surface area contributed by atoms with Gasteiger partial charge in [-0.1, -0.05) is 12.1 Å². The summed E-state index contributed by atoms with van der Waals surface area (Å²) in [6.07, 6.45) is 6.17. The number of urea groups is 1. The summed E-state index contributed by atoms with van der Waals surface area (Å²) in [6, 6.07) is 5.64. The number of carbonyl (C=O) groups excluding carboxylic acids is 1. The summed E-state index contributed by atoms with van der Waals surface area (Å²) in [5.41, 5.74) is 1.91. The molecule has 0 spiro atoms. The van der Waals surface area contributed by atoms with E-state index in [4.69, 9.17) is 4.74 Å². The topological polar surface area (TPSA) is 68.2 Å². The van der Waals surface area contributed by atoms with Crippen molar-refractivity contribution in [2.75, 3.05) is 13.2 Å². The van der Waals surface area contributed by atoms with Gasteiger partial charge in [0.05, 0.1) is 18.3 Å². The minimum atomic E-state index is -0.296. The summed E-state index contributed by atoms with van der Waals surface area (Å²) in [7, 11) is 1.86. The number of hydrogen-bond donors (Lipinski definition) is 2. The van der Waals surface area contributed by atoms with Crippen LogP contribution in [0, 0.1) is 5.82 Å². The molecule has 1 fully saturated rings. The molecular formula is C18H23FN4O2. The van der Waals surface area contributed by atoms with Crippen LogP contribution in [-0.2, 0) is 18.2 Å². The van der Waals surface area contributed by atoms with E-state index in [1.54, 1.807) is 23.0 Å². The Bertz CT molecular complexity index is 695. The number of benzene rings is 1. The smallest absolute Gasteiger partial charge is 0.315 e. The number of nitrogens with one attached hydrogen (secondary N) is 2. The van der Waals surface area contributed by atoms with Crippen molar-refractivity contribution in [1.82, 2.24) is 20.4 Å². The van der Waals surface area contributed by atoms with Gasteiger partial charge in [-0.3, -0.25) is 4.68 Å². The normalized spacial score (nSPS) is 18.1. The zero-order valence-corrected chi connectivity index (χ0v) is 14.2. The Morgan fingerprint density at radius 2 is 2.24 bits per heavy atom. The van der Waals surface area contributed by atoms with Gasteiger partial charge in [-0.05, 0) is 42.5 Å². The van der Waals surface area contributed by atoms with E-state index in [0.29, 0.717) is 19.6 Å². The molecule has 2 aromatic rings. The van der Waals surface area contributed by atoms with Gasteiger partial charge in [-0.25, -0.2) is 9.18 Å². The molecule has 6 nitrogen and oxygen atoms in total. The van der Waals surface area contributed by atoms with Gasteiger partial charge in [0.25, 0.3) is 0 Å². The van der Waals surface area contributed by atoms with Gasteiger partial charge < -0.3 is 15.4 Å². The average molecular weight is 346 g/mol. The highest BCUT2D eigenvalue weighted by Gasteiger charge is 2.28. The molecule has 25 heavy (non-hydrogen) atoms. The van der Waals surface area contributed by atoms with Crippen LogP contribution >= 0.6 is 0 Å². The first kappa shape index (κ1) is 17.4. The molecule has 0 bridgehead atoms. The zero-order valence-electron chi connectivity index (χ0n) is 14.2. The van der Waals surface area contributed by atoms with Gasteiger partial charge >= 0.3 is 6.03 Å². The monoisotopic (exact) mass is 346 g/mol. The van der Waals surface area contributed by atoms with E-state index in [2.05, 4.69) is 15.7 Å². The molecule has 0 aliphatic carbocycles. The fourth-order valence-corrected chi connectivity index (χ4v) is 3.04. The van der Waals surface area contributed by atoms with E-state index < -0.39 is 0 Å². The lowest BCUT2D eigenvalue weighted by atomic mass is 9.99. The first-order valence-corrected chi connectivity index (χ1v) is 8.51. The second kappa shape index (κ2) is 8.11. The quantitative estimate of drug-likeness (QED) is 0.843. The van der Waals surface area contributed by atoms with Crippen molar-refractivity contribution in [3.8, 4) is 0 Å². The third-order valence-electron chi connectivity index (χ3n) is 4.31. The number of amides is 2. The number of halogens is 1. The third-order valence-corrected chi connectivity index (χ3v) is 4.31. The Kier molecular flexibility index (Phi) is 5.65. The Morgan fingerprint density at radius 1 is 1.44 bits per heavy atom. The largest absolute Gasteiger partial charge is 0.376 e. The Hall–Kier alpha value is -2.41. The number of ether oxygens (including phenoxy) is 1.